The molecule has 1 aliphatic carbocycles. The molecule has 2 fully saturated rings. The van der Waals surface area contributed by atoms with Gasteiger partial charge >= 0.3 is 0 Å². The van der Waals surface area contributed by atoms with E-state index in [0.717, 1.165) is 32.1 Å². The summed E-state index contributed by atoms with van der Waals surface area (Å²) >= 11 is 12.1. The highest BCUT2D eigenvalue weighted by Gasteiger charge is 2.53. The zero-order valence-electron chi connectivity index (χ0n) is 15.8. The highest BCUT2D eigenvalue weighted by Crippen LogP contribution is 2.43. The molecule has 1 spiro atoms. The van der Waals surface area contributed by atoms with Gasteiger partial charge in [-0.25, -0.2) is 0 Å². The molecule has 1 heterocycles. The zero-order valence-corrected chi connectivity index (χ0v) is 17.3. The summed E-state index contributed by atoms with van der Waals surface area (Å²) in [7, 11) is 0. The van der Waals surface area contributed by atoms with Crippen molar-refractivity contribution in [2.45, 2.75) is 57.7 Å². The first-order valence-electron chi connectivity index (χ1n) is 9.58. The van der Waals surface area contributed by atoms with E-state index in [9.17, 15) is 9.59 Å². The van der Waals surface area contributed by atoms with Gasteiger partial charge in [-0.1, -0.05) is 37.0 Å². The molecule has 0 aromatic heterocycles. The lowest BCUT2D eigenvalue weighted by Crippen LogP contribution is -2.56. The van der Waals surface area contributed by atoms with Crippen molar-refractivity contribution in [3.05, 3.63) is 33.8 Å². The minimum atomic E-state index is -0.718. The number of hydrogen-bond donors (Lipinski definition) is 1. The molecule has 1 atom stereocenters. The quantitative estimate of drug-likeness (QED) is 0.802. The van der Waals surface area contributed by atoms with E-state index in [2.05, 4.69) is 12.2 Å². The average molecular weight is 413 g/mol. The van der Waals surface area contributed by atoms with E-state index in [4.69, 9.17) is 27.9 Å². The first-order valence-corrected chi connectivity index (χ1v) is 10.3. The number of halogens is 2. The first-order chi connectivity index (χ1) is 12.9. The van der Waals surface area contributed by atoms with Gasteiger partial charge in [-0.3, -0.25) is 14.5 Å². The summed E-state index contributed by atoms with van der Waals surface area (Å²) in [4.78, 5) is 27.8. The smallest absolute Gasteiger partial charge is 0.256 e. The molecule has 1 aliphatic heterocycles. The van der Waals surface area contributed by atoms with Crippen LogP contribution in [-0.2, 0) is 9.53 Å². The van der Waals surface area contributed by atoms with Gasteiger partial charge in [0.25, 0.3) is 5.91 Å². The highest BCUT2D eigenvalue weighted by molar-refractivity contribution is 6.42. The van der Waals surface area contributed by atoms with Gasteiger partial charge in [0, 0.05) is 12.1 Å². The normalized spacial score (nSPS) is 27.8. The van der Waals surface area contributed by atoms with Crippen molar-refractivity contribution < 1.29 is 14.3 Å². The minimum Gasteiger partial charge on any atom is -0.354 e. The maximum atomic E-state index is 13.4. The molecule has 1 saturated carbocycles. The molecule has 2 amide bonds. The summed E-state index contributed by atoms with van der Waals surface area (Å²) in [5.74, 6) is 0.187. The molecule has 148 valence electrons. The molecule has 3 rings (SSSR count). The molecule has 7 heteroatoms. The van der Waals surface area contributed by atoms with E-state index >= 15 is 0 Å². The van der Waals surface area contributed by atoms with Crippen LogP contribution in [0.1, 0.15) is 56.3 Å². The van der Waals surface area contributed by atoms with Crippen LogP contribution in [0.5, 0.6) is 0 Å². The maximum absolute atomic E-state index is 13.4. The standard InChI is InChI=1S/C20H26Cl2N2O3/c1-3-10-23-18(25)17-12-27-20(8-6-13(2)7-9-20)24(17)19(26)14-4-5-15(21)16(22)11-14/h4-5,11,13,17H,3,6-10,12H2,1-2H3,(H,23,25)/t13?,17-,20?/m1/s1. The lowest BCUT2D eigenvalue weighted by molar-refractivity contribution is -0.127. The predicted octanol–water partition coefficient (Wildman–Crippen LogP) is 4.27. The van der Waals surface area contributed by atoms with Crippen molar-refractivity contribution in [3.8, 4) is 0 Å². The lowest BCUT2D eigenvalue weighted by atomic mass is 9.83. The van der Waals surface area contributed by atoms with Crippen molar-refractivity contribution in [1.82, 2.24) is 10.2 Å². The number of nitrogens with zero attached hydrogens (tertiary/aromatic N) is 1. The van der Waals surface area contributed by atoms with E-state index in [0.29, 0.717) is 28.1 Å². The summed E-state index contributed by atoms with van der Waals surface area (Å²) in [6.45, 7) is 5.00. The summed E-state index contributed by atoms with van der Waals surface area (Å²) < 4.78 is 6.14. The lowest BCUT2D eigenvalue weighted by Gasteiger charge is -2.43. The monoisotopic (exact) mass is 412 g/mol. The van der Waals surface area contributed by atoms with E-state index < -0.39 is 11.8 Å². The van der Waals surface area contributed by atoms with Crippen molar-refractivity contribution in [1.29, 1.82) is 0 Å². The van der Waals surface area contributed by atoms with Gasteiger partial charge < -0.3 is 10.1 Å². The second-order valence-corrected chi connectivity index (χ2v) is 8.36. The fourth-order valence-corrected chi connectivity index (χ4v) is 4.21. The number of carbonyl (C=O) groups excluding carboxylic acids is 2. The minimum absolute atomic E-state index is 0.166. The summed E-state index contributed by atoms with van der Waals surface area (Å²) in [5, 5.41) is 3.62. The summed E-state index contributed by atoms with van der Waals surface area (Å²) in [6, 6.07) is 4.18. The molecule has 1 aromatic rings. The summed E-state index contributed by atoms with van der Waals surface area (Å²) in [6.07, 6.45) is 4.24. The number of ether oxygens (including phenoxy) is 1. The van der Waals surface area contributed by atoms with Crippen LogP contribution < -0.4 is 5.32 Å². The SMILES string of the molecule is CCCNC(=O)[C@H]1COC2(CCC(C)CC2)N1C(=O)c1ccc(Cl)c(Cl)c1. The summed E-state index contributed by atoms with van der Waals surface area (Å²) in [5.41, 5.74) is -0.301. The molecule has 0 radical (unpaired) electrons. The maximum Gasteiger partial charge on any atom is 0.256 e. The van der Waals surface area contributed by atoms with Gasteiger partial charge in [0.1, 0.15) is 11.8 Å². The second-order valence-electron chi connectivity index (χ2n) is 7.55. The van der Waals surface area contributed by atoms with Crippen LogP contribution in [0.4, 0.5) is 0 Å². The number of amides is 2. The molecular weight excluding hydrogens is 387 g/mol. The van der Waals surface area contributed by atoms with Gasteiger partial charge in [-0.05, 0) is 56.2 Å². The number of nitrogens with one attached hydrogen (secondary N) is 1. The largest absolute Gasteiger partial charge is 0.354 e. The molecular formula is C20H26Cl2N2O3. The van der Waals surface area contributed by atoms with E-state index in [1.807, 2.05) is 6.92 Å². The molecule has 1 aromatic carbocycles. The van der Waals surface area contributed by atoms with Crippen LogP contribution in [0.3, 0.4) is 0 Å². The molecule has 0 unspecified atom stereocenters. The number of rotatable bonds is 4. The third-order valence-electron chi connectivity index (χ3n) is 5.55. The van der Waals surface area contributed by atoms with E-state index in [-0.39, 0.29) is 18.4 Å². The number of benzene rings is 1. The Morgan fingerprint density at radius 2 is 1.96 bits per heavy atom. The molecule has 2 aliphatic rings. The average Bonchev–Trinajstić information content (AvgIpc) is 3.03. The first kappa shape index (κ1) is 20.4. The predicted molar refractivity (Wildman–Crippen MR) is 106 cm³/mol. The fraction of sp³-hybridized carbons (Fsp3) is 0.600. The van der Waals surface area contributed by atoms with Crippen LogP contribution >= 0.6 is 23.2 Å². The zero-order chi connectivity index (χ0) is 19.6. The Labute approximate surface area is 170 Å². The van der Waals surface area contributed by atoms with Crippen LogP contribution in [-0.4, -0.2) is 41.6 Å². The van der Waals surface area contributed by atoms with E-state index in [1.54, 1.807) is 23.1 Å². The Balaban J connectivity index is 1.93. The Morgan fingerprint density at radius 1 is 1.26 bits per heavy atom. The van der Waals surface area contributed by atoms with E-state index in [1.165, 1.54) is 0 Å². The number of hydrogen-bond acceptors (Lipinski definition) is 3. The van der Waals surface area contributed by atoms with Gasteiger partial charge in [0.2, 0.25) is 5.91 Å². The molecule has 27 heavy (non-hydrogen) atoms. The van der Waals surface area contributed by atoms with Crippen molar-refractivity contribution in [3.63, 3.8) is 0 Å². The number of carbonyl (C=O) groups is 2. The topological polar surface area (TPSA) is 58.6 Å². The van der Waals surface area contributed by atoms with Crippen LogP contribution in [0.2, 0.25) is 10.0 Å². The van der Waals surface area contributed by atoms with Gasteiger partial charge in [-0.15, -0.1) is 0 Å². The van der Waals surface area contributed by atoms with Gasteiger partial charge in [0.15, 0.2) is 0 Å². The fourth-order valence-electron chi connectivity index (χ4n) is 3.91. The Kier molecular flexibility index (Phi) is 6.34. The van der Waals surface area contributed by atoms with Gasteiger partial charge in [0.05, 0.1) is 16.7 Å². The highest BCUT2D eigenvalue weighted by atomic mass is 35.5. The second kappa shape index (κ2) is 8.38. The molecule has 0 bridgehead atoms. The van der Waals surface area contributed by atoms with Crippen molar-refractivity contribution in [2.75, 3.05) is 13.2 Å². The Hall–Kier alpha value is -1.30. The van der Waals surface area contributed by atoms with Crippen LogP contribution in [0, 0.1) is 5.92 Å². The van der Waals surface area contributed by atoms with Crippen molar-refractivity contribution in [2.24, 2.45) is 5.92 Å². The third-order valence-corrected chi connectivity index (χ3v) is 6.29. The Bertz CT molecular complexity index is 717. The van der Waals surface area contributed by atoms with Gasteiger partial charge in [-0.2, -0.15) is 0 Å². The van der Waals surface area contributed by atoms with Crippen molar-refractivity contribution >= 4 is 35.0 Å². The molecule has 1 N–H and O–H groups in total. The third kappa shape index (κ3) is 4.10. The van der Waals surface area contributed by atoms with Crippen LogP contribution in [0.25, 0.3) is 0 Å². The Morgan fingerprint density at radius 3 is 2.59 bits per heavy atom. The molecule has 5 nitrogen and oxygen atoms in total. The van der Waals surface area contributed by atoms with Crippen LogP contribution in [0.15, 0.2) is 18.2 Å². The molecule has 1 saturated heterocycles.